The number of carbonyl (C=O) groups is 2. The molecule has 4 nitrogen and oxygen atoms in total. The minimum atomic E-state index is -0.434. The van der Waals surface area contributed by atoms with Crippen LogP contribution in [0.15, 0.2) is 24.3 Å². The van der Waals surface area contributed by atoms with Crippen LogP contribution in [0.1, 0.15) is 28.8 Å². The molecule has 0 N–H and O–H groups in total. The van der Waals surface area contributed by atoms with Crippen LogP contribution in [0.4, 0.5) is 0 Å². The van der Waals surface area contributed by atoms with Crippen molar-refractivity contribution in [1.82, 2.24) is 4.90 Å². The zero-order chi connectivity index (χ0) is 14.5. The standard InChI is InChI=1S/C15H19NO3S/c1-19-15(18)13-7-4-8-16(13)14(17)12-6-3-5-11(9-12)10-20-2/h3,5-6,9,13H,4,7-8,10H2,1-2H3. The number of hydrogen-bond acceptors (Lipinski definition) is 4. The third-order valence-corrected chi connectivity index (χ3v) is 4.09. The number of methoxy groups -OCH3 is 1. The van der Waals surface area contributed by atoms with Gasteiger partial charge in [-0.15, -0.1) is 0 Å². The first-order valence-corrected chi connectivity index (χ1v) is 8.03. The van der Waals surface area contributed by atoms with Crippen molar-refractivity contribution in [3.8, 4) is 0 Å². The lowest BCUT2D eigenvalue weighted by atomic mass is 10.1. The fraction of sp³-hybridized carbons (Fsp3) is 0.467. The van der Waals surface area contributed by atoms with Gasteiger partial charge in [-0.1, -0.05) is 12.1 Å². The molecule has 20 heavy (non-hydrogen) atoms. The van der Waals surface area contributed by atoms with Crippen LogP contribution in [0.2, 0.25) is 0 Å². The summed E-state index contributed by atoms with van der Waals surface area (Å²) in [4.78, 5) is 25.9. The van der Waals surface area contributed by atoms with Crippen LogP contribution < -0.4 is 0 Å². The van der Waals surface area contributed by atoms with E-state index in [-0.39, 0.29) is 11.9 Å². The molecule has 0 aliphatic carbocycles. The number of hydrogen-bond donors (Lipinski definition) is 0. The van der Waals surface area contributed by atoms with Gasteiger partial charge in [0.2, 0.25) is 0 Å². The quantitative estimate of drug-likeness (QED) is 0.799. The number of ether oxygens (including phenoxy) is 1. The zero-order valence-electron chi connectivity index (χ0n) is 11.8. The summed E-state index contributed by atoms with van der Waals surface area (Å²) in [7, 11) is 1.36. The fourth-order valence-electron chi connectivity index (χ4n) is 2.52. The van der Waals surface area contributed by atoms with E-state index in [0.717, 1.165) is 17.7 Å². The first kappa shape index (κ1) is 14.9. The average molecular weight is 293 g/mol. The van der Waals surface area contributed by atoms with E-state index in [4.69, 9.17) is 4.74 Å². The van der Waals surface area contributed by atoms with Gasteiger partial charge in [-0.3, -0.25) is 4.79 Å². The number of amides is 1. The predicted molar refractivity (Wildman–Crippen MR) is 79.7 cm³/mol. The van der Waals surface area contributed by atoms with Crippen LogP contribution in [0.25, 0.3) is 0 Å². The molecular formula is C15H19NO3S. The summed E-state index contributed by atoms with van der Waals surface area (Å²) in [5.41, 5.74) is 1.77. The Bertz CT molecular complexity index is 504. The van der Waals surface area contributed by atoms with Crippen molar-refractivity contribution < 1.29 is 14.3 Å². The number of carbonyl (C=O) groups excluding carboxylic acids is 2. The number of thioether (sulfide) groups is 1. The fourth-order valence-corrected chi connectivity index (χ4v) is 3.03. The van der Waals surface area contributed by atoms with Crippen LogP contribution in [0.3, 0.4) is 0 Å². The highest BCUT2D eigenvalue weighted by Gasteiger charge is 2.35. The highest BCUT2D eigenvalue weighted by Crippen LogP contribution is 2.22. The largest absolute Gasteiger partial charge is 0.467 e. The van der Waals surface area contributed by atoms with Crippen LogP contribution >= 0.6 is 11.8 Å². The normalized spacial score (nSPS) is 18.1. The number of esters is 1. The van der Waals surface area contributed by atoms with Crippen LogP contribution in [0, 0.1) is 0 Å². The summed E-state index contributed by atoms with van der Waals surface area (Å²) in [5, 5.41) is 0. The molecule has 1 aliphatic heterocycles. The van der Waals surface area contributed by atoms with E-state index in [0.29, 0.717) is 18.5 Å². The first-order chi connectivity index (χ1) is 9.67. The molecule has 1 unspecified atom stereocenters. The monoisotopic (exact) mass is 293 g/mol. The van der Waals surface area contributed by atoms with Crippen molar-refractivity contribution in [3.63, 3.8) is 0 Å². The summed E-state index contributed by atoms with van der Waals surface area (Å²) in [6.07, 6.45) is 3.56. The summed E-state index contributed by atoms with van der Waals surface area (Å²) in [5.74, 6) is 0.471. The van der Waals surface area contributed by atoms with E-state index in [1.54, 1.807) is 22.7 Å². The van der Waals surface area contributed by atoms with Gasteiger partial charge in [0.05, 0.1) is 7.11 Å². The first-order valence-electron chi connectivity index (χ1n) is 6.64. The van der Waals surface area contributed by atoms with Gasteiger partial charge in [0, 0.05) is 17.9 Å². The second kappa shape index (κ2) is 6.79. The van der Waals surface area contributed by atoms with E-state index in [1.807, 2.05) is 24.5 Å². The Morgan fingerprint density at radius 3 is 2.95 bits per heavy atom. The lowest BCUT2D eigenvalue weighted by Gasteiger charge is -2.22. The Morgan fingerprint density at radius 2 is 2.25 bits per heavy atom. The Labute approximate surface area is 123 Å². The van der Waals surface area contributed by atoms with Crippen LogP contribution in [-0.4, -0.2) is 42.7 Å². The lowest BCUT2D eigenvalue weighted by molar-refractivity contribution is -0.145. The maximum absolute atomic E-state index is 12.5. The second-order valence-corrected chi connectivity index (χ2v) is 5.68. The predicted octanol–water partition coefficient (Wildman–Crippen LogP) is 2.33. The van der Waals surface area contributed by atoms with Crippen molar-refractivity contribution in [2.45, 2.75) is 24.6 Å². The molecule has 5 heteroatoms. The minimum Gasteiger partial charge on any atom is -0.467 e. The molecular weight excluding hydrogens is 274 g/mol. The molecule has 108 valence electrons. The van der Waals surface area contributed by atoms with Crippen LogP contribution in [0.5, 0.6) is 0 Å². The molecule has 0 bridgehead atoms. The summed E-state index contributed by atoms with van der Waals surface area (Å²) in [6, 6.07) is 7.18. The molecule has 1 heterocycles. The molecule has 1 aromatic carbocycles. The number of nitrogens with zero attached hydrogens (tertiary/aromatic N) is 1. The van der Waals surface area contributed by atoms with E-state index < -0.39 is 6.04 Å². The van der Waals surface area contributed by atoms with E-state index in [2.05, 4.69) is 0 Å². The summed E-state index contributed by atoms with van der Waals surface area (Å²) >= 11 is 1.72. The Balaban J connectivity index is 2.17. The average Bonchev–Trinajstić information content (AvgIpc) is 2.95. The van der Waals surface area contributed by atoms with E-state index in [1.165, 1.54) is 7.11 Å². The van der Waals surface area contributed by atoms with Crippen molar-refractivity contribution in [1.29, 1.82) is 0 Å². The highest BCUT2D eigenvalue weighted by molar-refractivity contribution is 7.97. The second-order valence-electron chi connectivity index (χ2n) is 4.81. The minimum absolute atomic E-state index is 0.0825. The topological polar surface area (TPSA) is 46.6 Å². The molecule has 2 rings (SSSR count). The van der Waals surface area contributed by atoms with E-state index >= 15 is 0 Å². The van der Waals surface area contributed by atoms with Crippen molar-refractivity contribution in [2.75, 3.05) is 19.9 Å². The van der Waals surface area contributed by atoms with Crippen molar-refractivity contribution in [2.24, 2.45) is 0 Å². The number of rotatable bonds is 4. The molecule has 1 aliphatic rings. The van der Waals surface area contributed by atoms with Gasteiger partial charge in [-0.05, 0) is 36.8 Å². The third kappa shape index (κ3) is 3.15. The maximum atomic E-state index is 12.5. The molecule has 0 spiro atoms. The molecule has 1 saturated heterocycles. The van der Waals surface area contributed by atoms with Gasteiger partial charge in [0.15, 0.2) is 0 Å². The van der Waals surface area contributed by atoms with Gasteiger partial charge in [-0.25, -0.2) is 4.79 Å². The van der Waals surface area contributed by atoms with Gasteiger partial charge in [-0.2, -0.15) is 11.8 Å². The van der Waals surface area contributed by atoms with Crippen molar-refractivity contribution >= 4 is 23.6 Å². The third-order valence-electron chi connectivity index (χ3n) is 3.47. The molecule has 1 amide bonds. The van der Waals surface area contributed by atoms with Crippen LogP contribution in [-0.2, 0) is 15.3 Å². The zero-order valence-corrected chi connectivity index (χ0v) is 12.6. The van der Waals surface area contributed by atoms with Gasteiger partial charge in [0.1, 0.15) is 6.04 Å². The Morgan fingerprint density at radius 1 is 1.45 bits per heavy atom. The molecule has 0 saturated carbocycles. The molecule has 1 aromatic rings. The lowest BCUT2D eigenvalue weighted by Crippen LogP contribution is -2.41. The maximum Gasteiger partial charge on any atom is 0.328 e. The molecule has 1 atom stereocenters. The van der Waals surface area contributed by atoms with Gasteiger partial charge in [0.25, 0.3) is 5.91 Å². The summed E-state index contributed by atoms with van der Waals surface area (Å²) in [6.45, 7) is 0.616. The van der Waals surface area contributed by atoms with Crippen molar-refractivity contribution in [3.05, 3.63) is 35.4 Å². The van der Waals surface area contributed by atoms with E-state index in [9.17, 15) is 9.59 Å². The Hall–Kier alpha value is -1.49. The highest BCUT2D eigenvalue weighted by atomic mass is 32.2. The molecule has 1 fully saturated rings. The van der Waals surface area contributed by atoms with Gasteiger partial charge >= 0.3 is 5.97 Å². The number of likely N-dealkylation sites (tertiary alicyclic amines) is 1. The summed E-state index contributed by atoms with van der Waals surface area (Å²) < 4.78 is 4.78. The molecule has 0 aromatic heterocycles. The Kier molecular flexibility index (Phi) is 5.06. The van der Waals surface area contributed by atoms with Gasteiger partial charge < -0.3 is 9.64 Å². The smallest absolute Gasteiger partial charge is 0.328 e. The number of benzene rings is 1. The molecule has 0 radical (unpaired) electrons. The SMILES string of the molecule is COC(=O)C1CCCN1C(=O)c1cccc(CSC)c1.